The summed E-state index contributed by atoms with van der Waals surface area (Å²) in [7, 11) is 3.16. The van der Waals surface area contributed by atoms with Gasteiger partial charge in [0.25, 0.3) is 0 Å². The second-order valence-corrected chi connectivity index (χ2v) is 10.4. The van der Waals surface area contributed by atoms with Crippen LogP contribution in [0.2, 0.25) is 0 Å². The lowest BCUT2D eigenvalue weighted by atomic mass is 9.66. The summed E-state index contributed by atoms with van der Waals surface area (Å²) in [6, 6.07) is 23.6. The first-order valence-electron chi connectivity index (χ1n) is 13.8. The van der Waals surface area contributed by atoms with E-state index in [-0.39, 0.29) is 17.9 Å². The van der Waals surface area contributed by atoms with Crippen LogP contribution in [0.15, 0.2) is 72.8 Å². The lowest BCUT2D eigenvalue weighted by Gasteiger charge is -2.35. The van der Waals surface area contributed by atoms with Crippen molar-refractivity contribution in [3.63, 3.8) is 0 Å². The van der Waals surface area contributed by atoms with Gasteiger partial charge >= 0.3 is 5.97 Å². The number of hydrogen-bond donors (Lipinski definition) is 1. The number of hydrogen-bond acceptors (Lipinski definition) is 6. The minimum Gasteiger partial charge on any atom is -0.490 e. The number of methoxy groups -OCH3 is 2. The van der Waals surface area contributed by atoms with Crippen LogP contribution in [0.3, 0.4) is 0 Å². The minimum absolute atomic E-state index is 0.0495. The highest BCUT2D eigenvalue weighted by atomic mass is 16.5. The van der Waals surface area contributed by atoms with Gasteiger partial charge in [0.15, 0.2) is 6.29 Å². The van der Waals surface area contributed by atoms with Crippen molar-refractivity contribution in [1.82, 2.24) is 0 Å². The van der Waals surface area contributed by atoms with E-state index in [4.69, 9.17) is 18.9 Å². The molecule has 4 aromatic rings. The molecule has 0 spiro atoms. The molecule has 0 amide bonds. The predicted molar refractivity (Wildman–Crippen MR) is 160 cm³/mol. The Bertz CT molecular complexity index is 1590. The minimum atomic E-state index is -1.10. The van der Waals surface area contributed by atoms with Crippen molar-refractivity contribution in [2.24, 2.45) is 0 Å². The number of aldehydes is 1. The average Bonchev–Trinajstić information content (AvgIpc) is 3.26. The fraction of sp³-hybridized carbons (Fsp3) is 0.257. The SMILES string of the molecule is COCCOc1ccc(C2(c3ccc(OCCOC)c(C(=O)O)c3)c3cc(C)ccc3-c3ccc(C)cc32)cc1C=O. The number of aryl methyl sites for hydroxylation is 2. The molecule has 5 rings (SSSR count). The van der Waals surface area contributed by atoms with Crippen LogP contribution < -0.4 is 9.47 Å². The molecule has 42 heavy (non-hydrogen) atoms. The summed E-state index contributed by atoms with van der Waals surface area (Å²) in [5.74, 6) is -0.372. The predicted octanol–water partition coefficient (Wildman–Crippen LogP) is 6.23. The van der Waals surface area contributed by atoms with Crippen molar-refractivity contribution in [3.05, 3.63) is 117 Å². The van der Waals surface area contributed by atoms with Gasteiger partial charge in [-0.15, -0.1) is 0 Å². The summed E-state index contributed by atoms with van der Waals surface area (Å²) in [6.07, 6.45) is 0.790. The fourth-order valence-electron chi connectivity index (χ4n) is 5.87. The van der Waals surface area contributed by atoms with Crippen LogP contribution in [-0.4, -0.2) is 58.0 Å². The summed E-state index contributed by atoms with van der Waals surface area (Å²) in [6.45, 7) is 5.32. The van der Waals surface area contributed by atoms with Gasteiger partial charge in [0.05, 0.1) is 24.2 Å². The zero-order valence-corrected chi connectivity index (χ0v) is 24.2. The van der Waals surface area contributed by atoms with Crippen LogP contribution in [0.4, 0.5) is 0 Å². The van der Waals surface area contributed by atoms with Crippen molar-refractivity contribution in [3.8, 4) is 22.6 Å². The third-order valence-electron chi connectivity index (χ3n) is 7.75. The van der Waals surface area contributed by atoms with Gasteiger partial charge < -0.3 is 24.1 Å². The molecule has 4 aromatic carbocycles. The lowest BCUT2D eigenvalue weighted by molar-refractivity contribution is 0.0689. The number of carbonyl (C=O) groups excluding carboxylic acids is 1. The van der Waals surface area contributed by atoms with Gasteiger partial charge in [-0.05, 0) is 71.5 Å². The third kappa shape index (κ3) is 5.06. The maximum absolute atomic E-state index is 12.5. The molecule has 1 aliphatic rings. The second-order valence-electron chi connectivity index (χ2n) is 10.4. The Kier molecular flexibility index (Phi) is 8.43. The maximum atomic E-state index is 12.5. The lowest BCUT2D eigenvalue weighted by Crippen LogP contribution is -2.29. The monoisotopic (exact) mass is 566 g/mol. The molecule has 0 aliphatic heterocycles. The van der Waals surface area contributed by atoms with Crippen LogP contribution in [0, 0.1) is 13.8 Å². The van der Waals surface area contributed by atoms with E-state index in [2.05, 4.69) is 36.4 Å². The van der Waals surface area contributed by atoms with Gasteiger partial charge in [-0.3, -0.25) is 4.79 Å². The smallest absolute Gasteiger partial charge is 0.339 e. The van der Waals surface area contributed by atoms with Crippen LogP contribution in [0.5, 0.6) is 11.5 Å². The zero-order valence-electron chi connectivity index (χ0n) is 24.2. The molecule has 0 atom stereocenters. The van der Waals surface area contributed by atoms with Gasteiger partial charge in [0, 0.05) is 14.2 Å². The molecule has 0 aromatic heterocycles. The Hall–Kier alpha value is -4.46. The fourth-order valence-corrected chi connectivity index (χ4v) is 5.87. The number of carbonyl (C=O) groups is 2. The number of rotatable bonds is 12. The summed E-state index contributed by atoms with van der Waals surface area (Å²) in [5.41, 5.74) is 7.37. The molecular formula is C35H34O7. The van der Waals surface area contributed by atoms with E-state index in [9.17, 15) is 14.7 Å². The Morgan fingerprint density at radius 2 is 1.24 bits per heavy atom. The van der Waals surface area contributed by atoms with E-state index in [1.165, 1.54) is 0 Å². The molecule has 0 saturated heterocycles. The highest BCUT2D eigenvalue weighted by Crippen LogP contribution is 2.57. The van der Waals surface area contributed by atoms with E-state index in [1.807, 2.05) is 32.0 Å². The molecular weight excluding hydrogens is 532 g/mol. The second kappa shape index (κ2) is 12.2. The Morgan fingerprint density at radius 3 is 1.76 bits per heavy atom. The number of carboxylic acid groups (broad SMARTS) is 1. The van der Waals surface area contributed by atoms with Crippen molar-refractivity contribution in [2.45, 2.75) is 19.3 Å². The summed E-state index contributed by atoms with van der Waals surface area (Å²) in [4.78, 5) is 24.9. The topological polar surface area (TPSA) is 91.3 Å². The van der Waals surface area contributed by atoms with Gasteiger partial charge in [0.2, 0.25) is 0 Å². The number of benzene rings is 4. The van der Waals surface area contributed by atoms with E-state index < -0.39 is 11.4 Å². The Labute approximate surface area is 245 Å². The van der Waals surface area contributed by atoms with Gasteiger partial charge in [0.1, 0.15) is 30.3 Å². The van der Waals surface area contributed by atoms with E-state index in [0.717, 1.165) is 50.8 Å². The number of carboxylic acids is 1. The summed E-state index contributed by atoms with van der Waals surface area (Å²) >= 11 is 0. The molecule has 216 valence electrons. The third-order valence-corrected chi connectivity index (χ3v) is 7.75. The molecule has 0 unspecified atom stereocenters. The molecule has 0 fully saturated rings. The zero-order chi connectivity index (χ0) is 29.9. The van der Waals surface area contributed by atoms with Crippen LogP contribution in [-0.2, 0) is 14.9 Å². The van der Waals surface area contributed by atoms with E-state index >= 15 is 0 Å². The summed E-state index contributed by atoms with van der Waals surface area (Å²) < 4.78 is 21.8. The molecule has 0 bridgehead atoms. The molecule has 1 N–H and O–H groups in total. The van der Waals surface area contributed by atoms with Crippen molar-refractivity contribution in [2.75, 3.05) is 40.6 Å². The summed E-state index contributed by atoms with van der Waals surface area (Å²) in [5, 5.41) is 10.3. The quantitative estimate of drug-likeness (QED) is 0.141. The number of aromatic carboxylic acids is 1. The highest BCUT2D eigenvalue weighted by Gasteiger charge is 2.47. The largest absolute Gasteiger partial charge is 0.490 e. The normalized spacial score (nSPS) is 12.9. The van der Waals surface area contributed by atoms with E-state index in [0.29, 0.717) is 31.1 Å². The van der Waals surface area contributed by atoms with Crippen LogP contribution in [0.1, 0.15) is 54.1 Å². The average molecular weight is 567 g/mol. The number of ether oxygens (including phenoxy) is 4. The van der Waals surface area contributed by atoms with E-state index in [1.54, 1.807) is 32.4 Å². The van der Waals surface area contributed by atoms with Crippen molar-refractivity contribution < 1.29 is 33.6 Å². The first kappa shape index (κ1) is 29.0. The van der Waals surface area contributed by atoms with Crippen molar-refractivity contribution in [1.29, 1.82) is 0 Å². The molecule has 7 heteroatoms. The van der Waals surface area contributed by atoms with Gasteiger partial charge in [-0.2, -0.15) is 0 Å². The standard InChI is InChI=1S/C35H34O7/c1-22-5-9-27-28-10-6-23(2)18-31(28)35(30(27)17-22,25-7-11-32(24(19-25)21-36)41-15-13-39-3)26-8-12-33(42-16-14-40-4)29(20-26)34(37)38/h5-12,17-21H,13-16H2,1-4H3,(H,37,38). The molecule has 0 radical (unpaired) electrons. The van der Waals surface area contributed by atoms with Gasteiger partial charge in [-0.25, -0.2) is 4.79 Å². The highest BCUT2D eigenvalue weighted by molar-refractivity contribution is 5.93. The molecule has 7 nitrogen and oxygen atoms in total. The Balaban J connectivity index is 1.83. The Morgan fingerprint density at radius 1 is 0.714 bits per heavy atom. The first-order chi connectivity index (χ1) is 20.3. The van der Waals surface area contributed by atoms with Gasteiger partial charge in [-0.1, -0.05) is 59.7 Å². The number of fused-ring (bicyclic) bond motifs is 3. The first-order valence-corrected chi connectivity index (χ1v) is 13.8. The molecule has 0 saturated carbocycles. The van der Waals surface area contributed by atoms with Crippen LogP contribution >= 0.6 is 0 Å². The van der Waals surface area contributed by atoms with Crippen LogP contribution in [0.25, 0.3) is 11.1 Å². The molecule has 1 aliphatic carbocycles. The molecule has 0 heterocycles. The maximum Gasteiger partial charge on any atom is 0.339 e. The van der Waals surface area contributed by atoms with Crippen molar-refractivity contribution >= 4 is 12.3 Å².